The molecule has 10 atom stereocenters. The molecule has 1 saturated carbocycles. The first-order chi connectivity index (χ1) is 18.0. The van der Waals surface area contributed by atoms with Crippen molar-refractivity contribution >= 4 is 11.9 Å². The second-order valence-corrected chi connectivity index (χ2v) is 11.9. The molecule has 0 aromatic heterocycles. The minimum atomic E-state index is -1.33. The highest BCUT2D eigenvalue weighted by molar-refractivity contribution is 5.82. The zero-order valence-electron chi connectivity index (χ0n) is 22.6. The van der Waals surface area contributed by atoms with Crippen LogP contribution in [0.5, 0.6) is 0 Å². The number of carbonyl (C=O) groups is 2. The van der Waals surface area contributed by atoms with Gasteiger partial charge in [-0.2, -0.15) is 0 Å². The Morgan fingerprint density at radius 3 is 2.63 bits per heavy atom. The maximum Gasteiger partial charge on any atom is 0.335 e. The van der Waals surface area contributed by atoms with Crippen LogP contribution in [-0.4, -0.2) is 84.2 Å². The lowest BCUT2D eigenvalue weighted by Gasteiger charge is -2.58. The largest absolute Gasteiger partial charge is 0.463 e. The van der Waals surface area contributed by atoms with Crippen molar-refractivity contribution in [3.8, 4) is 0 Å². The molecule has 2 saturated heterocycles. The van der Waals surface area contributed by atoms with Gasteiger partial charge in [-0.15, -0.1) is 0 Å². The molecule has 9 nitrogen and oxygen atoms in total. The van der Waals surface area contributed by atoms with E-state index in [1.807, 2.05) is 0 Å². The Morgan fingerprint density at radius 2 is 1.92 bits per heavy atom. The van der Waals surface area contributed by atoms with Gasteiger partial charge in [-0.25, -0.2) is 9.59 Å². The molecular weight excluding hydrogens is 492 g/mol. The lowest BCUT2D eigenvalue weighted by Crippen LogP contribution is -2.66. The van der Waals surface area contributed by atoms with Gasteiger partial charge in [-0.05, 0) is 39.0 Å². The quantitative estimate of drug-likeness (QED) is 0.298. The summed E-state index contributed by atoms with van der Waals surface area (Å²) in [6, 6.07) is 0. The third-order valence-electron chi connectivity index (χ3n) is 9.73. The molecule has 9 heteroatoms. The number of ether oxygens (including phenoxy) is 5. The zero-order chi connectivity index (χ0) is 27.3. The van der Waals surface area contributed by atoms with Crippen LogP contribution in [0.3, 0.4) is 0 Å². The number of hydrogen-bond donors (Lipinski definition) is 2. The number of epoxide rings is 1. The molecule has 0 radical (unpaired) electrons. The number of hydrogen-bond acceptors (Lipinski definition) is 9. The molecule has 210 valence electrons. The van der Waals surface area contributed by atoms with Crippen LogP contribution in [0.2, 0.25) is 0 Å². The van der Waals surface area contributed by atoms with Gasteiger partial charge in [0.15, 0.2) is 6.10 Å². The molecule has 2 spiro atoms. The number of aliphatic hydroxyl groups is 2. The van der Waals surface area contributed by atoms with E-state index in [1.54, 1.807) is 32.1 Å². The maximum atomic E-state index is 13.1. The fourth-order valence-electron chi connectivity index (χ4n) is 7.04. The molecule has 2 aliphatic carbocycles. The Morgan fingerprint density at radius 1 is 1.16 bits per heavy atom. The molecule has 3 fully saturated rings. The number of rotatable bonds is 1. The first kappa shape index (κ1) is 27.5. The van der Waals surface area contributed by atoms with Crippen molar-refractivity contribution in [2.45, 2.75) is 95.6 Å². The van der Waals surface area contributed by atoms with E-state index in [0.717, 1.165) is 6.42 Å². The monoisotopic (exact) mass is 532 g/mol. The fraction of sp³-hybridized carbons (Fsp3) is 0.724. The predicted molar refractivity (Wildman–Crippen MR) is 136 cm³/mol. The average Bonchev–Trinajstić information content (AvgIpc) is 3.65. The maximum absolute atomic E-state index is 13.1. The molecule has 0 unspecified atom stereocenters. The lowest BCUT2D eigenvalue weighted by molar-refractivity contribution is -0.234. The van der Waals surface area contributed by atoms with Crippen LogP contribution in [0, 0.1) is 16.7 Å². The van der Waals surface area contributed by atoms with Gasteiger partial charge in [0.2, 0.25) is 0 Å². The van der Waals surface area contributed by atoms with Crippen molar-refractivity contribution in [2.75, 3.05) is 19.8 Å². The molecule has 2 bridgehead atoms. The van der Waals surface area contributed by atoms with Crippen molar-refractivity contribution in [1.82, 2.24) is 0 Å². The normalized spacial score (nSPS) is 48.0. The lowest BCUT2D eigenvalue weighted by atomic mass is 9.51. The standard InChI is InChI=1S/C29H40O9/c1-17-9-11-28-15-35-26(33)25(32)18(2)10-12-34-20(19(3)30)7-5-6-8-24(31)38-21-14-23(37-22(28)13-17)29(16-36-29)27(21,28)4/h5-8,13,18-23,25,30,32H,9-12,14-16H2,1-4H3/b7-5+,8-6-/t18-,19-,20-,21-,22-,23-,25+,27-,28-,29-/m1/s1. The van der Waals surface area contributed by atoms with E-state index in [2.05, 4.69) is 19.9 Å². The molecule has 0 aromatic carbocycles. The highest BCUT2D eigenvalue weighted by atomic mass is 16.6. The number of aliphatic hydroxyl groups excluding tert-OH is 2. The highest BCUT2D eigenvalue weighted by Gasteiger charge is 2.83. The minimum Gasteiger partial charge on any atom is -0.463 e. The van der Waals surface area contributed by atoms with Crippen LogP contribution in [0.25, 0.3) is 0 Å². The van der Waals surface area contributed by atoms with E-state index >= 15 is 0 Å². The van der Waals surface area contributed by atoms with Crippen molar-refractivity contribution in [1.29, 1.82) is 0 Å². The highest BCUT2D eigenvalue weighted by Crippen LogP contribution is 2.72. The third kappa shape index (κ3) is 4.36. The molecule has 3 heterocycles. The van der Waals surface area contributed by atoms with Crippen LogP contribution in [-0.2, 0) is 33.3 Å². The number of cyclic esters (lactones) is 1. The average molecular weight is 533 g/mol. The zero-order valence-corrected chi connectivity index (χ0v) is 22.6. The second kappa shape index (κ2) is 10.2. The van der Waals surface area contributed by atoms with Crippen molar-refractivity contribution in [2.24, 2.45) is 16.7 Å². The molecule has 0 aromatic rings. The molecule has 5 aliphatic rings. The summed E-state index contributed by atoms with van der Waals surface area (Å²) in [5, 5.41) is 20.8. The Bertz CT molecular complexity index is 1030. The van der Waals surface area contributed by atoms with Crippen LogP contribution in [0.1, 0.15) is 53.4 Å². The van der Waals surface area contributed by atoms with Crippen LogP contribution < -0.4 is 0 Å². The Balaban J connectivity index is 1.51. The third-order valence-corrected chi connectivity index (χ3v) is 9.73. The van der Waals surface area contributed by atoms with Gasteiger partial charge in [0.25, 0.3) is 0 Å². The van der Waals surface area contributed by atoms with Gasteiger partial charge >= 0.3 is 11.9 Å². The summed E-state index contributed by atoms with van der Waals surface area (Å²) in [4.78, 5) is 26.0. The Kier molecular flexibility index (Phi) is 7.37. The minimum absolute atomic E-state index is 0.0195. The van der Waals surface area contributed by atoms with Crippen LogP contribution >= 0.6 is 0 Å². The van der Waals surface area contributed by atoms with Crippen molar-refractivity contribution in [3.63, 3.8) is 0 Å². The number of carbonyl (C=O) groups excluding carboxylic acids is 2. The van der Waals surface area contributed by atoms with Gasteiger partial charge in [0, 0.05) is 24.5 Å². The summed E-state index contributed by atoms with van der Waals surface area (Å²) in [6.45, 7) is 8.27. The topological polar surface area (TPSA) is 124 Å². The van der Waals surface area contributed by atoms with E-state index in [-0.39, 0.29) is 25.4 Å². The molecular formula is C29H40O9. The van der Waals surface area contributed by atoms with Gasteiger partial charge in [-0.3, -0.25) is 0 Å². The Hall–Kier alpha value is -2.04. The van der Waals surface area contributed by atoms with E-state index in [0.29, 0.717) is 25.9 Å². The number of esters is 2. The van der Waals surface area contributed by atoms with E-state index in [1.165, 1.54) is 11.6 Å². The summed E-state index contributed by atoms with van der Waals surface area (Å²) in [5.74, 6) is -1.60. The number of allylic oxidation sites excluding steroid dienone is 3. The van der Waals surface area contributed by atoms with Gasteiger partial charge in [-0.1, -0.05) is 43.7 Å². The molecule has 2 N–H and O–H groups in total. The fourth-order valence-corrected chi connectivity index (χ4v) is 7.04. The smallest absolute Gasteiger partial charge is 0.335 e. The first-order valence-electron chi connectivity index (χ1n) is 13.7. The molecule has 3 aliphatic heterocycles. The van der Waals surface area contributed by atoms with Crippen LogP contribution in [0.15, 0.2) is 36.0 Å². The van der Waals surface area contributed by atoms with Crippen LogP contribution in [0.4, 0.5) is 0 Å². The van der Waals surface area contributed by atoms with E-state index < -0.39 is 58.7 Å². The predicted octanol–water partition coefficient (Wildman–Crippen LogP) is 2.39. The first-order valence-corrected chi connectivity index (χ1v) is 13.7. The summed E-state index contributed by atoms with van der Waals surface area (Å²) in [7, 11) is 0. The summed E-state index contributed by atoms with van der Waals surface area (Å²) in [6.07, 6.45) is 6.89. The van der Waals surface area contributed by atoms with Crippen molar-refractivity contribution < 1.29 is 43.5 Å². The molecule has 38 heavy (non-hydrogen) atoms. The summed E-state index contributed by atoms with van der Waals surface area (Å²) < 4.78 is 30.4. The van der Waals surface area contributed by atoms with E-state index in [9.17, 15) is 19.8 Å². The molecule has 5 rings (SSSR count). The van der Waals surface area contributed by atoms with Crippen molar-refractivity contribution in [3.05, 3.63) is 36.0 Å². The summed E-state index contributed by atoms with van der Waals surface area (Å²) in [5.41, 5.74) is -0.771. The van der Waals surface area contributed by atoms with Gasteiger partial charge in [0.1, 0.15) is 24.4 Å². The molecule has 0 amide bonds. The Labute approximate surface area is 223 Å². The van der Waals surface area contributed by atoms with Gasteiger partial charge in [0.05, 0.1) is 30.3 Å². The second-order valence-electron chi connectivity index (χ2n) is 11.9. The van der Waals surface area contributed by atoms with Gasteiger partial charge < -0.3 is 33.9 Å². The summed E-state index contributed by atoms with van der Waals surface area (Å²) >= 11 is 0. The van der Waals surface area contributed by atoms with E-state index in [4.69, 9.17) is 23.7 Å². The SMILES string of the molecule is CC1=C[C@H]2O[C@@H]3C[C@H]4OC(=O)/C=C\C=C\[C@H]([C@@H](C)O)OCC[C@@H](C)[C@H](O)C(=O)OC[C@@]2(CC1)[C@]4(C)[C@@]31CO1.